The highest BCUT2D eigenvalue weighted by atomic mass is 35.7. The lowest BCUT2D eigenvalue weighted by Crippen LogP contribution is -2.26. The van der Waals surface area contributed by atoms with Crippen molar-refractivity contribution in [1.29, 1.82) is 0 Å². The van der Waals surface area contributed by atoms with Gasteiger partial charge in [-0.25, -0.2) is 8.42 Å². The van der Waals surface area contributed by atoms with Crippen LogP contribution in [-0.4, -0.2) is 20.9 Å². The molecule has 1 amide bonds. The monoisotopic (exact) mass is 335 g/mol. The summed E-state index contributed by atoms with van der Waals surface area (Å²) in [4.78, 5) is 11.7. The molecule has 7 heteroatoms. The number of hydrogen-bond donors (Lipinski definition) is 1. The van der Waals surface area contributed by atoms with Gasteiger partial charge in [0.25, 0.3) is 15.0 Å². The summed E-state index contributed by atoms with van der Waals surface area (Å²) >= 11 is 5.77. The Bertz CT molecular complexity index is 656. The van der Waals surface area contributed by atoms with Crippen molar-refractivity contribution in [3.63, 3.8) is 0 Å². The highest BCUT2D eigenvalue weighted by Gasteiger charge is 2.45. The third kappa shape index (κ3) is 3.45. The Morgan fingerprint density at radius 3 is 2.55 bits per heavy atom. The topological polar surface area (TPSA) is 63.2 Å². The van der Waals surface area contributed by atoms with Crippen molar-refractivity contribution < 1.29 is 13.2 Å². The molecule has 1 aromatic carbocycles. The van der Waals surface area contributed by atoms with E-state index in [1.165, 1.54) is 18.2 Å². The van der Waals surface area contributed by atoms with Crippen LogP contribution in [0.3, 0.4) is 0 Å². The molecule has 0 heterocycles. The largest absolute Gasteiger partial charge is 0.352 e. The molecule has 110 valence electrons. The van der Waals surface area contributed by atoms with E-state index in [0.717, 1.165) is 6.42 Å². The predicted molar refractivity (Wildman–Crippen MR) is 78.7 cm³/mol. The minimum atomic E-state index is -3.97. The van der Waals surface area contributed by atoms with Crippen LogP contribution in [0.25, 0.3) is 0 Å². The molecule has 1 fully saturated rings. The van der Waals surface area contributed by atoms with Crippen LogP contribution in [0.1, 0.15) is 30.6 Å². The fourth-order valence-corrected chi connectivity index (χ4v) is 3.57. The molecule has 1 N–H and O–H groups in total. The molecule has 2 rings (SSSR count). The molecule has 1 aromatic rings. The molecule has 20 heavy (non-hydrogen) atoms. The van der Waals surface area contributed by atoms with E-state index in [1.54, 1.807) is 0 Å². The molecule has 0 aliphatic heterocycles. The highest BCUT2D eigenvalue weighted by Crippen LogP contribution is 2.50. The van der Waals surface area contributed by atoms with Crippen LogP contribution in [0, 0.1) is 11.3 Å². The van der Waals surface area contributed by atoms with Gasteiger partial charge in [0, 0.05) is 22.8 Å². The third-order valence-electron chi connectivity index (χ3n) is 3.68. The zero-order valence-corrected chi connectivity index (χ0v) is 13.4. The SMILES string of the molecule is CC1(C)CC1CNC(=O)c1ccc(Cl)c(S(=O)(=O)Cl)c1. The third-order valence-corrected chi connectivity index (χ3v) is 5.49. The van der Waals surface area contributed by atoms with Crippen LogP contribution >= 0.6 is 22.3 Å². The maximum atomic E-state index is 12.0. The second kappa shape index (κ2) is 5.20. The van der Waals surface area contributed by atoms with E-state index in [1.807, 2.05) is 0 Å². The molecule has 0 spiro atoms. The van der Waals surface area contributed by atoms with Crippen molar-refractivity contribution in [3.8, 4) is 0 Å². The molecule has 0 bridgehead atoms. The van der Waals surface area contributed by atoms with Crippen LogP contribution in [0.4, 0.5) is 0 Å². The number of benzene rings is 1. The van der Waals surface area contributed by atoms with Crippen LogP contribution in [0.2, 0.25) is 5.02 Å². The number of hydrogen-bond acceptors (Lipinski definition) is 3. The van der Waals surface area contributed by atoms with E-state index in [0.29, 0.717) is 12.5 Å². The first-order chi connectivity index (χ1) is 9.11. The van der Waals surface area contributed by atoms with Crippen molar-refractivity contribution in [2.75, 3.05) is 6.54 Å². The molecule has 1 saturated carbocycles. The van der Waals surface area contributed by atoms with E-state index >= 15 is 0 Å². The van der Waals surface area contributed by atoms with Gasteiger partial charge in [0.15, 0.2) is 0 Å². The van der Waals surface area contributed by atoms with E-state index in [-0.39, 0.29) is 26.8 Å². The summed E-state index contributed by atoms with van der Waals surface area (Å²) in [6.07, 6.45) is 1.08. The summed E-state index contributed by atoms with van der Waals surface area (Å²) in [7, 11) is 1.30. The van der Waals surface area contributed by atoms with Crippen molar-refractivity contribution in [1.82, 2.24) is 5.32 Å². The first kappa shape index (κ1) is 15.6. The fraction of sp³-hybridized carbons (Fsp3) is 0.462. The average molecular weight is 336 g/mol. The van der Waals surface area contributed by atoms with Gasteiger partial charge in [0.05, 0.1) is 5.02 Å². The molecule has 4 nitrogen and oxygen atoms in total. The lowest BCUT2D eigenvalue weighted by Gasteiger charge is -2.08. The molecule has 1 aliphatic carbocycles. The van der Waals surface area contributed by atoms with Crippen molar-refractivity contribution in [3.05, 3.63) is 28.8 Å². The van der Waals surface area contributed by atoms with Gasteiger partial charge in [-0.15, -0.1) is 0 Å². The Morgan fingerprint density at radius 1 is 1.45 bits per heavy atom. The molecule has 0 aromatic heterocycles. The van der Waals surface area contributed by atoms with E-state index < -0.39 is 9.05 Å². The Morgan fingerprint density at radius 2 is 2.05 bits per heavy atom. The Balaban J connectivity index is 2.11. The van der Waals surface area contributed by atoms with E-state index in [2.05, 4.69) is 19.2 Å². The van der Waals surface area contributed by atoms with Gasteiger partial charge in [-0.1, -0.05) is 25.4 Å². The maximum Gasteiger partial charge on any atom is 0.262 e. The molecule has 0 radical (unpaired) electrons. The molecule has 0 saturated heterocycles. The smallest absolute Gasteiger partial charge is 0.262 e. The van der Waals surface area contributed by atoms with Gasteiger partial charge in [-0.3, -0.25) is 4.79 Å². The van der Waals surface area contributed by atoms with Gasteiger partial charge >= 0.3 is 0 Å². The molecule has 1 aliphatic rings. The highest BCUT2D eigenvalue weighted by molar-refractivity contribution is 8.13. The Kier molecular flexibility index (Phi) is 4.06. The number of rotatable bonds is 4. The second-order valence-corrected chi connectivity index (χ2v) is 8.62. The van der Waals surface area contributed by atoms with Crippen LogP contribution < -0.4 is 5.32 Å². The standard InChI is InChI=1S/C13H15Cl2NO3S/c1-13(2)6-9(13)7-16-12(17)8-3-4-10(14)11(5-8)20(15,18)19/h3-5,9H,6-7H2,1-2H3,(H,16,17). The average Bonchev–Trinajstić information content (AvgIpc) is 2.93. The van der Waals surface area contributed by atoms with Gasteiger partial charge < -0.3 is 5.32 Å². The molecular weight excluding hydrogens is 321 g/mol. The van der Waals surface area contributed by atoms with Crippen LogP contribution in [0.5, 0.6) is 0 Å². The summed E-state index contributed by atoms with van der Waals surface area (Å²) in [6, 6.07) is 4.02. The van der Waals surface area contributed by atoms with Gasteiger partial charge in [0.2, 0.25) is 0 Å². The second-order valence-electron chi connectivity index (χ2n) is 5.68. The normalized spacial score (nSPS) is 20.5. The summed E-state index contributed by atoms with van der Waals surface area (Å²) in [5.74, 6) is 0.140. The maximum absolute atomic E-state index is 12.0. The predicted octanol–water partition coefficient (Wildman–Crippen LogP) is 3.04. The quantitative estimate of drug-likeness (QED) is 0.860. The number of carbonyl (C=O) groups is 1. The number of halogens is 2. The Labute approximate surface area is 127 Å². The van der Waals surface area contributed by atoms with Crippen LogP contribution in [-0.2, 0) is 9.05 Å². The fourth-order valence-electron chi connectivity index (χ4n) is 2.07. The zero-order chi connectivity index (χ0) is 15.1. The first-order valence-electron chi connectivity index (χ1n) is 6.14. The summed E-state index contributed by atoms with van der Waals surface area (Å²) in [5.41, 5.74) is 0.504. The summed E-state index contributed by atoms with van der Waals surface area (Å²) < 4.78 is 22.7. The van der Waals surface area contributed by atoms with Crippen molar-refractivity contribution >= 4 is 37.2 Å². The van der Waals surface area contributed by atoms with Crippen LogP contribution in [0.15, 0.2) is 23.1 Å². The number of nitrogens with one attached hydrogen (secondary N) is 1. The van der Waals surface area contributed by atoms with Crippen molar-refractivity contribution in [2.24, 2.45) is 11.3 Å². The van der Waals surface area contributed by atoms with Gasteiger partial charge in [0.1, 0.15) is 4.90 Å². The van der Waals surface area contributed by atoms with E-state index in [9.17, 15) is 13.2 Å². The first-order valence-corrected chi connectivity index (χ1v) is 8.82. The molecule has 1 unspecified atom stereocenters. The molecular formula is C13H15Cl2NO3S. The Hall–Kier alpha value is -0.780. The van der Waals surface area contributed by atoms with Gasteiger partial charge in [-0.2, -0.15) is 0 Å². The van der Waals surface area contributed by atoms with E-state index in [4.69, 9.17) is 22.3 Å². The summed E-state index contributed by atoms with van der Waals surface area (Å²) in [6.45, 7) is 4.87. The number of carbonyl (C=O) groups excluding carboxylic acids is 1. The minimum absolute atomic E-state index is 0.000115. The molecule has 1 atom stereocenters. The lowest BCUT2D eigenvalue weighted by molar-refractivity contribution is 0.0950. The zero-order valence-electron chi connectivity index (χ0n) is 11.1. The number of amides is 1. The summed E-state index contributed by atoms with van der Waals surface area (Å²) in [5, 5.41) is 2.79. The lowest BCUT2D eigenvalue weighted by atomic mass is 10.1. The van der Waals surface area contributed by atoms with Gasteiger partial charge in [-0.05, 0) is 36.0 Å². The van der Waals surface area contributed by atoms with Crippen molar-refractivity contribution in [2.45, 2.75) is 25.2 Å². The minimum Gasteiger partial charge on any atom is -0.352 e.